The standard InChI is InChI=1S/C16H26N2O2S/c1-13-5-3-2-4-6-16(13)18-21(19,20)15-9-7-14(8-10-15)11-12-17/h7-10,13,16,18H,2-6,11-12,17H2,1H3. The number of sulfonamides is 1. The maximum Gasteiger partial charge on any atom is 0.240 e. The van der Waals surface area contributed by atoms with Gasteiger partial charge in [-0.15, -0.1) is 0 Å². The Bertz CT molecular complexity index is 540. The number of benzene rings is 1. The maximum absolute atomic E-state index is 12.5. The van der Waals surface area contributed by atoms with E-state index in [1.807, 2.05) is 12.1 Å². The van der Waals surface area contributed by atoms with Crippen LogP contribution in [0.1, 0.15) is 44.6 Å². The van der Waals surface area contributed by atoms with E-state index in [4.69, 9.17) is 5.73 Å². The van der Waals surface area contributed by atoms with Gasteiger partial charge in [-0.25, -0.2) is 13.1 Å². The molecule has 0 saturated heterocycles. The van der Waals surface area contributed by atoms with E-state index in [1.165, 1.54) is 12.8 Å². The van der Waals surface area contributed by atoms with Crippen LogP contribution in [0.2, 0.25) is 0 Å². The second-order valence-corrected chi connectivity index (χ2v) is 7.74. The fraction of sp³-hybridized carbons (Fsp3) is 0.625. The van der Waals surface area contributed by atoms with E-state index in [9.17, 15) is 8.42 Å². The number of rotatable bonds is 5. The van der Waals surface area contributed by atoms with Crippen molar-refractivity contribution in [1.29, 1.82) is 0 Å². The largest absolute Gasteiger partial charge is 0.330 e. The van der Waals surface area contributed by atoms with E-state index in [0.717, 1.165) is 31.2 Å². The molecule has 3 N–H and O–H groups in total. The molecule has 1 aromatic rings. The van der Waals surface area contributed by atoms with Crippen LogP contribution >= 0.6 is 0 Å². The van der Waals surface area contributed by atoms with Crippen LogP contribution in [0, 0.1) is 5.92 Å². The predicted molar refractivity (Wildman–Crippen MR) is 85.6 cm³/mol. The average Bonchev–Trinajstić information content (AvgIpc) is 2.65. The van der Waals surface area contributed by atoms with Gasteiger partial charge in [-0.3, -0.25) is 0 Å². The zero-order valence-electron chi connectivity index (χ0n) is 12.7. The quantitative estimate of drug-likeness (QED) is 0.821. The van der Waals surface area contributed by atoms with Crippen LogP contribution in [0.25, 0.3) is 0 Å². The highest BCUT2D eigenvalue weighted by atomic mass is 32.2. The highest BCUT2D eigenvalue weighted by Crippen LogP contribution is 2.24. The summed E-state index contributed by atoms with van der Waals surface area (Å²) in [6.07, 6.45) is 6.32. The summed E-state index contributed by atoms with van der Waals surface area (Å²) in [6, 6.07) is 7.10. The van der Waals surface area contributed by atoms with E-state index in [-0.39, 0.29) is 6.04 Å². The summed E-state index contributed by atoms with van der Waals surface area (Å²) in [5.41, 5.74) is 6.58. The van der Waals surface area contributed by atoms with Gasteiger partial charge in [-0.2, -0.15) is 0 Å². The summed E-state index contributed by atoms with van der Waals surface area (Å²) in [5, 5.41) is 0. The Morgan fingerprint density at radius 1 is 1.14 bits per heavy atom. The van der Waals surface area contributed by atoms with Crippen LogP contribution in [0.15, 0.2) is 29.2 Å². The minimum Gasteiger partial charge on any atom is -0.330 e. The van der Waals surface area contributed by atoms with Crippen molar-refractivity contribution in [3.8, 4) is 0 Å². The molecule has 0 aliphatic heterocycles. The highest BCUT2D eigenvalue weighted by Gasteiger charge is 2.25. The zero-order chi connectivity index (χ0) is 15.3. The lowest BCUT2D eigenvalue weighted by atomic mass is 9.98. The minimum absolute atomic E-state index is 0.0567. The molecule has 0 amide bonds. The number of hydrogen-bond acceptors (Lipinski definition) is 3. The highest BCUT2D eigenvalue weighted by molar-refractivity contribution is 7.89. The second kappa shape index (κ2) is 7.38. The Balaban J connectivity index is 2.09. The predicted octanol–water partition coefficient (Wildman–Crippen LogP) is 2.43. The SMILES string of the molecule is CC1CCCCCC1NS(=O)(=O)c1ccc(CCN)cc1. The molecule has 4 nitrogen and oxygen atoms in total. The molecule has 0 radical (unpaired) electrons. The molecule has 2 unspecified atom stereocenters. The van der Waals surface area contributed by atoms with Gasteiger partial charge in [-0.1, -0.05) is 38.3 Å². The number of nitrogens with two attached hydrogens (primary N) is 1. The van der Waals surface area contributed by atoms with E-state index in [2.05, 4.69) is 11.6 Å². The number of hydrogen-bond donors (Lipinski definition) is 2. The topological polar surface area (TPSA) is 72.2 Å². The molecule has 0 aromatic heterocycles. The third-order valence-corrected chi connectivity index (χ3v) is 5.84. The van der Waals surface area contributed by atoms with Crippen molar-refractivity contribution >= 4 is 10.0 Å². The molecule has 0 bridgehead atoms. The van der Waals surface area contributed by atoms with Crippen LogP contribution in [0.4, 0.5) is 0 Å². The number of nitrogens with one attached hydrogen (secondary N) is 1. The van der Waals surface area contributed by atoms with Crippen molar-refractivity contribution < 1.29 is 8.42 Å². The van der Waals surface area contributed by atoms with Crippen LogP contribution in [-0.2, 0) is 16.4 Å². The first-order valence-electron chi connectivity index (χ1n) is 7.84. The summed E-state index contributed by atoms with van der Waals surface area (Å²) in [6.45, 7) is 2.72. The molecule has 118 valence electrons. The maximum atomic E-state index is 12.5. The molecular weight excluding hydrogens is 284 g/mol. The van der Waals surface area contributed by atoms with E-state index >= 15 is 0 Å². The third-order valence-electron chi connectivity index (χ3n) is 4.33. The van der Waals surface area contributed by atoms with Crippen molar-refractivity contribution in [2.45, 2.75) is 56.4 Å². The van der Waals surface area contributed by atoms with Crippen molar-refractivity contribution in [1.82, 2.24) is 4.72 Å². The van der Waals surface area contributed by atoms with Gasteiger partial charge in [0.2, 0.25) is 10.0 Å². The lowest BCUT2D eigenvalue weighted by Gasteiger charge is -2.22. The summed E-state index contributed by atoms with van der Waals surface area (Å²) < 4.78 is 27.9. The van der Waals surface area contributed by atoms with Gasteiger partial charge in [-0.05, 0) is 49.4 Å². The average molecular weight is 310 g/mol. The molecule has 1 aliphatic carbocycles. The summed E-state index contributed by atoms with van der Waals surface area (Å²) in [7, 11) is -3.42. The van der Waals surface area contributed by atoms with E-state index < -0.39 is 10.0 Å². The van der Waals surface area contributed by atoms with Crippen molar-refractivity contribution in [2.75, 3.05) is 6.54 Å². The van der Waals surface area contributed by atoms with Gasteiger partial charge >= 0.3 is 0 Å². The molecule has 1 fully saturated rings. The van der Waals surface area contributed by atoms with Crippen molar-refractivity contribution in [3.63, 3.8) is 0 Å². The van der Waals surface area contributed by atoms with Gasteiger partial charge in [0.1, 0.15) is 0 Å². The van der Waals surface area contributed by atoms with Gasteiger partial charge in [0.25, 0.3) is 0 Å². The first kappa shape index (κ1) is 16.5. The Labute approximate surface area is 128 Å². The summed E-state index contributed by atoms with van der Waals surface area (Å²) in [5.74, 6) is 0.402. The molecule has 1 aromatic carbocycles. The Morgan fingerprint density at radius 3 is 2.48 bits per heavy atom. The minimum atomic E-state index is -3.42. The molecule has 1 aliphatic rings. The second-order valence-electron chi connectivity index (χ2n) is 6.03. The molecule has 0 heterocycles. The van der Waals surface area contributed by atoms with Crippen LogP contribution in [0.5, 0.6) is 0 Å². The molecule has 2 rings (SSSR count). The van der Waals surface area contributed by atoms with Gasteiger partial charge in [0, 0.05) is 6.04 Å². The monoisotopic (exact) mass is 310 g/mol. The molecule has 0 spiro atoms. The van der Waals surface area contributed by atoms with E-state index in [1.54, 1.807) is 12.1 Å². The first-order chi connectivity index (χ1) is 10.0. The molecular formula is C16H26N2O2S. The zero-order valence-corrected chi connectivity index (χ0v) is 13.5. The molecule has 5 heteroatoms. The lowest BCUT2D eigenvalue weighted by Crippen LogP contribution is -2.38. The Morgan fingerprint density at radius 2 is 1.81 bits per heavy atom. The van der Waals surface area contributed by atoms with E-state index in [0.29, 0.717) is 17.4 Å². The Hall–Kier alpha value is -0.910. The van der Waals surface area contributed by atoms with Gasteiger partial charge in [0.15, 0.2) is 0 Å². The molecule has 2 atom stereocenters. The third kappa shape index (κ3) is 4.53. The van der Waals surface area contributed by atoms with Gasteiger partial charge in [0.05, 0.1) is 4.90 Å². The van der Waals surface area contributed by atoms with Crippen molar-refractivity contribution in [3.05, 3.63) is 29.8 Å². The summed E-state index contributed by atoms with van der Waals surface area (Å²) in [4.78, 5) is 0.347. The van der Waals surface area contributed by atoms with Crippen LogP contribution in [-0.4, -0.2) is 21.0 Å². The lowest BCUT2D eigenvalue weighted by molar-refractivity contribution is 0.399. The van der Waals surface area contributed by atoms with Crippen LogP contribution < -0.4 is 10.5 Å². The van der Waals surface area contributed by atoms with Gasteiger partial charge < -0.3 is 5.73 Å². The Kier molecular flexibility index (Phi) is 5.79. The molecule has 1 saturated carbocycles. The normalized spacial score (nSPS) is 23.7. The fourth-order valence-corrected chi connectivity index (χ4v) is 4.32. The first-order valence-corrected chi connectivity index (χ1v) is 9.32. The van der Waals surface area contributed by atoms with Crippen LogP contribution in [0.3, 0.4) is 0 Å². The van der Waals surface area contributed by atoms with Crippen molar-refractivity contribution in [2.24, 2.45) is 11.7 Å². The summed E-state index contributed by atoms with van der Waals surface area (Å²) >= 11 is 0. The molecule has 21 heavy (non-hydrogen) atoms. The fourth-order valence-electron chi connectivity index (χ4n) is 2.94. The smallest absolute Gasteiger partial charge is 0.240 e.